The molecule has 1 saturated carbocycles. The smallest absolute Gasteiger partial charge is 0.249 e. The molecular formula is C14H16N4O. The summed E-state index contributed by atoms with van der Waals surface area (Å²) >= 11 is 0. The molecule has 2 heterocycles. The Kier molecular flexibility index (Phi) is 2.86. The van der Waals surface area contributed by atoms with E-state index in [2.05, 4.69) is 21.3 Å². The molecule has 2 N–H and O–H groups in total. The highest BCUT2D eigenvalue weighted by atomic mass is 16.1. The van der Waals surface area contributed by atoms with E-state index in [1.807, 2.05) is 6.92 Å². The normalized spacial score (nSPS) is 23.4. The Bertz CT molecular complexity index is 698. The van der Waals surface area contributed by atoms with Gasteiger partial charge < -0.3 is 4.98 Å². The van der Waals surface area contributed by atoms with Crippen molar-refractivity contribution in [3.05, 3.63) is 27.7 Å². The predicted molar refractivity (Wildman–Crippen MR) is 71.8 cm³/mol. The molecule has 98 valence electrons. The Balaban J connectivity index is 2.03. The Morgan fingerprint density at radius 1 is 1.37 bits per heavy atom. The van der Waals surface area contributed by atoms with Gasteiger partial charge in [-0.15, -0.1) is 0 Å². The highest BCUT2D eigenvalue weighted by molar-refractivity contribution is 5.81. The van der Waals surface area contributed by atoms with Gasteiger partial charge >= 0.3 is 0 Å². The molecule has 1 aliphatic rings. The Morgan fingerprint density at radius 3 is 2.79 bits per heavy atom. The molecule has 5 heteroatoms. The number of aryl methyl sites for hydroxylation is 1. The highest BCUT2D eigenvalue weighted by Crippen LogP contribution is 2.37. The summed E-state index contributed by atoms with van der Waals surface area (Å²) in [5.41, 5.74) is 2.61. The maximum atomic E-state index is 11.7. The SMILES string of the molecule is Cc1[nH]nc2[nH]c(=O)cc(C3CCC(C#N)CC3)c12. The van der Waals surface area contributed by atoms with E-state index in [0.717, 1.165) is 42.3 Å². The van der Waals surface area contributed by atoms with Crippen LogP contribution in [0.1, 0.15) is 42.9 Å². The zero-order valence-corrected chi connectivity index (χ0v) is 10.9. The minimum atomic E-state index is -0.101. The number of fused-ring (bicyclic) bond motifs is 1. The van der Waals surface area contributed by atoms with Crippen LogP contribution in [0.3, 0.4) is 0 Å². The van der Waals surface area contributed by atoms with E-state index >= 15 is 0 Å². The molecule has 0 bridgehead atoms. The summed E-state index contributed by atoms with van der Waals surface area (Å²) in [6, 6.07) is 4.04. The van der Waals surface area contributed by atoms with Gasteiger partial charge in [-0.2, -0.15) is 10.4 Å². The number of hydrogen-bond acceptors (Lipinski definition) is 3. The molecule has 1 fully saturated rings. The Morgan fingerprint density at radius 2 is 2.11 bits per heavy atom. The summed E-state index contributed by atoms with van der Waals surface area (Å²) in [5, 5.41) is 17.1. The van der Waals surface area contributed by atoms with Gasteiger partial charge in [0.15, 0.2) is 5.65 Å². The van der Waals surface area contributed by atoms with Gasteiger partial charge in [0.2, 0.25) is 5.56 Å². The quantitative estimate of drug-likeness (QED) is 0.821. The van der Waals surface area contributed by atoms with Crippen molar-refractivity contribution in [2.45, 2.75) is 38.5 Å². The maximum Gasteiger partial charge on any atom is 0.249 e. The average Bonchev–Trinajstić information content (AvgIpc) is 2.79. The first-order valence-electron chi connectivity index (χ1n) is 6.66. The van der Waals surface area contributed by atoms with E-state index in [4.69, 9.17) is 5.26 Å². The molecule has 0 atom stereocenters. The van der Waals surface area contributed by atoms with Gasteiger partial charge in [-0.3, -0.25) is 9.89 Å². The van der Waals surface area contributed by atoms with Crippen LogP contribution in [0, 0.1) is 24.2 Å². The second kappa shape index (κ2) is 4.54. The number of nitriles is 1. The fourth-order valence-corrected chi connectivity index (χ4v) is 3.09. The van der Waals surface area contributed by atoms with Crippen LogP contribution in [0.4, 0.5) is 0 Å². The Hall–Kier alpha value is -2.09. The zero-order chi connectivity index (χ0) is 13.4. The van der Waals surface area contributed by atoms with Crippen molar-refractivity contribution in [3.63, 3.8) is 0 Å². The van der Waals surface area contributed by atoms with Gasteiger partial charge in [-0.1, -0.05) is 0 Å². The molecule has 2 aromatic heterocycles. The monoisotopic (exact) mass is 256 g/mol. The largest absolute Gasteiger partial charge is 0.305 e. The van der Waals surface area contributed by atoms with Crippen LogP contribution >= 0.6 is 0 Å². The van der Waals surface area contributed by atoms with E-state index in [9.17, 15) is 4.79 Å². The van der Waals surface area contributed by atoms with E-state index in [0.29, 0.717) is 11.6 Å². The number of hydrogen-bond donors (Lipinski definition) is 2. The minimum Gasteiger partial charge on any atom is -0.305 e. The maximum absolute atomic E-state index is 11.7. The zero-order valence-electron chi connectivity index (χ0n) is 10.9. The van der Waals surface area contributed by atoms with Crippen LogP contribution in [-0.4, -0.2) is 15.2 Å². The molecule has 0 spiro atoms. The van der Waals surface area contributed by atoms with Crippen LogP contribution in [0.5, 0.6) is 0 Å². The molecule has 3 rings (SSSR count). The first-order chi connectivity index (χ1) is 9.19. The molecule has 5 nitrogen and oxygen atoms in total. The van der Waals surface area contributed by atoms with Gasteiger partial charge in [0.05, 0.1) is 6.07 Å². The lowest BCUT2D eigenvalue weighted by Crippen LogP contribution is -2.15. The van der Waals surface area contributed by atoms with Crippen molar-refractivity contribution in [2.75, 3.05) is 0 Å². The van der Waals surface area contributed by atoms with Crippen molar-refractivity contribution >= 4 is 11.0 Å². The van der Waals surface area contributed by atoms with Crippen LogP contribution < -0.4 is 5.56 Å². The molecule has 1 aliphatic carbocycles. The number of aromatic nitrogens is 3. The first kappa shape index (κ1) is 12.0. The van der Waals surface area contributed by atoms with Crippen molar-refractivity contribution in [2.24, 2.45) is 5.92 Å². The summed E-state index contributed by atoms with van der Waals surface area (Å²) in [6.07, 6.45) is 3.79. The molecule has 0 aliphatic heterocycles. The van der Waals surface area contributed by atoms with Crippen molar-refractivity contribution < 1.29 is 0 Å². The summed E-state index contributed by atoms with van der Waals surface area (Å²) < 4.78 is 0. The third-order valence-corrected chi connectivity index (χ3v) is 4.11. The molecule has 0 saturated heterocycles. The standard InChI is InChI=1S/C14H16N4O/c1-8-13-11(6-12(19)16-14(13)18-17-8)10-4-2-9(7-15)3-5-10/h6,9-10H,2-5H2,1H3,(H2,16,17,18,19). The molecule has 2 aromatic rings. The van der Waals surface area contributed by atoms with Crippen LogP contribution in [0.25, 0.3) is 11.0 Å². The highest BCUT2D eigenvalue weighted by Gasteiger charge is 2.25. The Labute approximate surface area is 110 Å². The molecular weight excluding hydrogens is 240 g/mol. The lowest BCUT2D eigenvalue weighted by atomic mass is 9.78. The van der Waals surface area contributed by atoms with E-state index in [1.54, 1.807) is 6.07 Å². The second-order valence-electron chi connectivity index (χ2n) is 5.34. The van der Waals surface area contributed by atoms with Crippen LogP contribution in [0.15, 0.2) is 10.9 Å². The minimum absolute atomic E-state index is 0.101. The van der Waals surface area contributed by atoms with Gasteiger partial charge in [0.1, 0.15) is 0 Å². The number of nitrogens with one attached hydrogen (secondary N) is 2. The number of aromatic amines is 2. The number of H-pyrrole nitrogens is 2. The van der Waals surface area contributed by atoms with Crippen LogP contribution in [-0.2, 0) is 0 Å². The summed E-state index contributed by atoms with van der Waals surface area (Å²) in [5.74, 6) is 0.546. The van der Waals surface area contributed by atoms with Gasteiger partial charge in [0.25, 0.3) is 0 Å². The summed E-state index contributed by atoms with van der Waals surface area (Å²) in [4.78, 5) is 14.5. The first-order valence-corrected chi connectivity index (χ1v) is 6.66. The predicted octanol–water partition coefficient (Wildman–Crippen LogP) is 2.36. The topological polar surface area (TPSA) is 85.3 Å². The third kappa shape index (κ3) is 2.03. The van der Waals surface area contributed by atoms with E-state index in [1.165, 1.54) is 0 Å². The second-order valence-corrected chi connectivity index (χ2v) is 5.34. The number of nitrogens with zero attached hydrogens (tertiary/aromatic N) is 2. The van der Waals surface area contributed by atoms with Crippen molar-refractivity contribution in [1.82, 2.24) is 15.2 Å². The fraction of sp³-hybridized carbons (Fsp3) is 0.500. The third-order valence-electron chi connectivity index (χ3n) is 4.11. The molecule has 0 radical (unpaired) electrons. The summed E-state index contributed by atoms with van der Waals surface area (Å²) in [7, 11) is 0. The lowest BCUT2D eigenvalue weighted by Gasteiger charge is -2.25. The average molecular weight is 256 g/mol. The van der Waals surface area contributed by atoms with Gasteiger partial charge in [-0.25, -0.2) is 0 Å². The fourth-order valence-electron chi connectivity index (χ4n) is 3.09. The molecule has 19 heavy (non-hydrogen) atoms. The lowest BCUT2D eigenvalue weighted by molar-refractivity contribution is 0.383. The van der Waals surface area contributed by atoms with E-state index < -0.39 is 0 Å². The van der Waals surface area contributed by atoms with E-state index in [-0.39, 0.29) is 11.5 Å². The summed E-state index contributed by atoms with van der Waals surface area (Å²) in [6.45, 7) is 1.97. The van der Waals surface area contributed by atoms with Crippen molar-refractivity contribution in [3.8, 4) is 6.07 Å². The molecule has 0 unspecified atom stereocenters. The number of pyridine rings is 1. The van der Waals surface area contributed by atoms with Crippen molar-refractivity contribution in [1.29, 1.82) is 5.26 Å². The van der Waals surface area contributed by atoms with Gasteiger partial charge in [-0.05, 0) is 44.1 Å². The molecule has 0 aromatic carbocycles. The van der Waals surface area contributed by atoms with Crippen LogP contribution in [0.2, 0.25) is 0 Å². The molecule has 0 amide bonds. The van der Waals surface area contributed by atoms with Gasteiger partial charge in [0, 0.05) is 23.1 Å². The number of rotatable bonds is 1.